The Bertz CT molecular complexity index is 540. The molecular formula is C11H14Cl2N2O2S. The van der Waals surface area contributed by atoms with E-state index in [4.69, 9.17) is 28.9 Å². The minimum atomic E-state index is -3.49. The highest BCUT2D eigenvalue weighted by Crippen LogP contribution is 2.27. The molecule has 1 fully saturated rings. The fourth-order valence-corrected chi connectivity index (χ4v) is 3.76. The summed E-state index contributed by atoms with van der Waals surface area (Å²) in [6.45, 7) is 0.896. The molecule has 2 N–H and O–H groups in total. The molecular weight excluding hydrogens is 295 g/mol. The highest BCUT2D eigenvalue weighted by atomic mass is 35.5. The van der Waals surface area contributed by atoms with E-state index >= 15 is 0 Å². The second kappa shape index (κ2) is 5.35. The van der Waals surface area contributed by atoms with Crippen LogP contribution in [0, 0.1) is 0 Å². The second-order valence-electron chi connectivity index (χ2n) is 4.32. The highest BCUT2D eigenvalue weighted by Gasteiger charge is 2.28. The minimum Gasteiger partial charge on any atom is -0.328 e. The molecule has 0 bridgehead atoms. The van der Waals surface area contributed by atoms with E-state index in [1.165, 1.54) is 22.5 Å². The molecule has 0 aliphatic carbocycles. The molecule has 2 rings (SSSR count). The van der Waals surface area contributed by atoms with Crippen LogP contribution in [0.25, 0.3) is 0 Å². The van der Waals surface area contributed by atoms with Crippen molar-refractivity contribution >= 4 is 33.2 Å². The molecule has 7 heteroatoms. The summed E-state index contributed by atoms with van der Waals surface area (Å²) < 4.78 is 26.1. The van der Waals surface area contributed by atoms with Gasteiger partial charge in [-0.05, 0) is 31.0 Å². The SMILES string of the molecule is NC1CCN(S(=O)(=O)c2ccc(Cl)c(Cl)c2)CC1. The van der Waals surface area contributed by atoms with Crippen LogP contribution in [0.4, 0.5) is 0 Å². The third-order valence-corrected chi connectivity index (χ3v) is 5.66. The summed E-state index contributed by atoms with van der Waals surface area (Å²) in [6, 6.07) is 4.43. The van der Waals surface area contributed by atoms with E-state index in [9.17, 15) is 8.42 Å². The zero-order valence-electron chi connectivity index (χ0n) is 9.64. The van der Waals surface area contributed by atoms with Crippen molar-refractivity contribution in [2.45, 2.75) is 23.8 Å². The van der Waals surface area contributed by atoms with Crippen LogP contribution >= 0.6 is 23.2 Å². The number of rotatable bonds is 2. The Morgan fingerprint density at radius 2 is 1.78 bits per heavy atom. The van der Waals surface area contributed by atoms with Gasteiger partial charge in [-0.3, -0.25) is 0 Å². The summed E-state index contributed by atoms with van der Waals surface area (Å²) in [5.41, 5.74) is 5.76. The first-order chi connectivity index (χ1) is 8.41. The van der Waals surface area contributed by atoms with Gasteiger partial charge in [0, 0.05) is 19.1 Å². The van der Waals surface area contributed by atoms with E-state index in [0.717, 1.165) is 0 Å². The quantitative estimate of drug-likeness (QED) is 0.910. The number of benzene rings is 1. The number of nitrogens with zero attached hydrogens (tertiary/aromatic N) is 1. The lowest BCUT2D eigenvalue weighted by atomic mass is 10.1. The molecule has 1 aromatic carbocycles. The predicted molar refractivity (Wildman–Crippen MR) is 72.4 cm³/mol. The largest absolute Gasteiger partial charge is 0.328 e. The number of piperidine rings is 1. The molecule has 0 saturated carbocycles. The van der Waals surface area contributed by atoms with Crippen molar-refractivity contribution in [2.75, 3.05) is 13.1 Å². The lowest BCUT2D eigenvalue weighted by Gasteiger charge is -2.29. The molecule has 1 heterocycles. The Hall–Kier alpha value is -0.330. The first-order valence-electron chi connectivity index (χ1n) is 5.62. The van der Waals surface area contributed by atoms with Crippen molar-refractivity contribution in [2.24, 2.45) is 5.73 Å². The Balaban J connectivity index is 2.27. The smallest absolute Gasteiger partial charge is 0.243 e. The van der Waals surface area contributed by atoms with E-state index in [1.807, 2.05) is 0 Å². The summed E-state index contributed by atoms with van der Waals surface area (Å²) in [6.07, 6.45) is 1.36. The van der Waals surface area contributed by atoms with Gasteiger partial charge in [0.15, 0.2) is 0 Å². The third-order valence-electron chi connectivity index (χ3n) is 3.03. The van der Waals surface area contributed by atoms with Crippen molar-refractivity contribution in [1.29, 1.82) is 0 Å². The van der Waals surface area contributed by atoms with Crippen LogP contribution in [0.5, 0.6) is 0 Å². The van der Waals surface area contributed by atoms with E-state index < -0.39 is 10.0 Å². The molecule has 0 radical (unpaired) electrons. The Morgan fingerprint density at radius 1 is 1.17 bits per heavy atom. The van der Waals surface area contributed by atoms with Crippen LogP contribution in [0.3, 0.4) is 0 Å². The van der Waals surface area contributed by atoms with Gasteiger partial charge in [-0.1, -0.05) is 23.2 Å². The second-order valence-corrected chi connectivity index (χ2v) is 7.07. The Morgan fingerprint density at radius 3 is 2.33 bits per heavy atom. The first-order valence-corrected chi connectivity index (χ1v) is 7.81. The maximum absolute atomic E-state index is 12.3. The van der Waals surface area contributed by atoms with E-state index in [-0.39, 0.29) is 16.0 Å². The number of sulfonamides is 1. The van der Waals surface area contributed by atoms with Crippen LogP contribution in [0.2, 0.25) is 10.0 Å². The monoisotopic (exact) mass is 308 g/mol. The molecule has 100 valence electrons. The van der Waals surface area contributed by atoms with Gasteiger partial charge in [0.2, 0.25) is 10.0 Å². The number of hydrogen-bond donors (Lipinski definition) is 1. The van der Waals surface area contributed by atoms with Gasteiger partial charge in [-0.2, -0.15) is 4.31 Å². The van der Waals surface area contributed by atoms with Gasteiger partial charge < -0.3 is 5.73 Å². The van der Waals surface area contributed by atoms with Crippen LogP contribution < -0.4 is 5.73 Å². The summed E-state index contributed by atoms with van der Waals surface area (Å²) in [4.78, 5) is 0.173. The zero-order valence-corrected chi connectivity index (χ0v) is 12.0. The average Bonchev–Trinajstić information content (AvgIpc) is 2.33. The topological polar surface area (TPSA) is 63.4 Å². The summed E-state index contributed by atoms with van der Waals surface area (Å²) >= 11 is 11.6. The standard InChI is InChI=1S/C11H14Cl2N2O2S/c12-10-2-1-9(7-11(10)13)18(16,17)15-5-3-8(14)4-6-15/h1-2,7-8H,3-6,14H2. The number of hydrogen-bond acceptors (Lipinski definition) is 3. The van der Waals surface area contributed by atoms with Gasteiger partial charge in [-0.15, -0.1) is 0 Å². The van der Waals surface area contributed by atoms with E-state index in [1.54, 1.807) is 0 Å². The summed E-state index contributed by atoms with van der Waals surface area (Å²) in [7, 11) is -3.49. The molecule has 18 heavy (non-hydrogen) atoms. The molecule has 0 unspecified atom stereocenters. The zero-order chi connectivity index (χ0) is 13.3. The summed E-state index contributed by atoms with van der Waals surface area (Å²) in [5.74, 6) is 0. The minimum absolute atomic E-state index is 0.0882. The molecule has 4 nitrogen and oxygen atoms in total. The van der Waals surface area contributed by atoms with Gasteiger partial charge in [0.25, 0.3) is 0 Å². The molecule has 1 aliphatic rings. The van der Waals surface area contributed by atoms with Crippen molar-refractivity contribution in [3.8, 4) is 0 Å². The van der Waals surface area contributed by atoms with Crippen molar-refractivity contribution in [3.05, 3.63) is 28.2 Å². The van der Waals surface area contributed by atoms with Gasteiger partial charge in [-0.25, -0.2) is 8.42 Å². The maximum atomic E-state index is 12.3. The molecule has 1 saturated heterocycles. The van der Waals surface area contributed by atoms with Crippen LogP contribution in [0.15, 0.2) is 23.1 Å². The Labute approximate surface area is 117 Å². The first kappa shape index (κ1) is 14.1. The molecule has 0 atom stereocenters. The highest BCUT2D eigenvalue weighted by molar-refractivity contribution is 7.89. The van der Waals surface area contributed by atoms with Crippen LogP contribution in [-0.4, -0.2) is 31.9 Å². The van der Waals surface area contributed by atoms with Gasteiger partial charge >= 0.3 is 0 Å². The molecule has 0 amide bonds. The normalized spacial score (nSPS) is 19.1. The van der Waals surface area contributed by atoms with E-state index in [0.29, 0.717) is 31.0 Å². The molecule has 1 aromatic rings. The van der Waals surface area contributed by atoms with E-state index in [2.05, 4.69) is 0 Å². The number of halogens is 2. The lowest BCUT2D eigenvalue weighted by molar-refractivity contribution is 0.320. The summed E-state index contributed by atoms with van der Waals surface area (Å²) in [5, 5.41) is 0.586. The van der Waals surface area contributed by atoms with Crippen molar-refractivity contribution in [3.63, 3.8) is 0 Å². The average molecular weight is 309 g/mol. The molecule has 1 aliphatic heterocycles. The van der Waals surface area contributed by atoms with Crippen molar-refractivity contribution < 1.29 is 8.42 Å². The molecule has 0 spiro atoms. The molecule has 0 aromatic heterocycles. The number of nitrogens with two attached hydrogens (primary N) is 1. The van der Waals surface area contributed by atoms with Crippen LogP contribution in [-0.2, 0) is 10.0 Å². The third kappa shape index (κ3) is 2.81. The fourth-order valence-electron chi connectivity index (χ4n) is 1.90. The lowest BCUT2D eigenvalue weighted by Crippen LogP contribution is -2.42. The maximum Gasteiger partial charge on any atom is 0.243 e. The van der Waals surface area contributed by atoms with Crippen LogP contribution in [0.1, 0.15) is 12.8 Å². The van der Waals surface area contributed by atoms with Crippen molar-refractivity contribution in [1.82, 2.24) is 4.31 Å². The predicted octanol–water partition coefficient (Wildman–Crippen LogP) is 2.11. The van der Waals surface area contributed by atoms with Gasteiger partial charge in [0.05, 0.1) is 14.9 Å². The fraction of sp³-hybridized carbons (Fsp3) is 0.455. The van der Waals surface area contributed by atoms with Gasteiger partial charge in [0.1, 0.15) is 0 Å². The Kier molecular flexibility index (Phi) is 4.18.